The Labute approximate surface area is 181 Å². The van der Waals surface area contributed by atoms with Crippen LogP contribution in [-0.4, -0.2) is 47.1 Å². The Bertz CT molecular complexity index is 1260. The molecule has 3 N–H and O–H groups in total. The van der Waals surface area contributed by atoms with Crippen molar-refractivity contribution < 1.29 is 45.6 Å². The molecule has 1 aliphatic carbocycles. The SMILES string of the molecule is O=C(O)[C@@]1(NS(=O)(=O)c2ccc(-c3cc(C(F)(F)F)on3)s2)C[C@@H]1c1cc(CCO)on1. The molecule has 0 aromatic carbocycles. The molecule has 0 aliphatic heterocycles. The normalized spacial score (nSPS) is 21.1. The number of halogens is 3. The topological polar surface area (TPSA) is 156 Å². The predicted molar refractivity (Wildman–Crippen MR) is 100 cm³/mol. The molecule has 0 saturated heterocycles. The number of sulfonamides is 1. The largest absolute Gasteiger partial charge is 0.480 e. The first kappa shape index (κ1) is 22.4. The number of aliphatic hydroxyl groups excluding tert-OH is 1. The predicted octanol–water partition coefficient (Wildman–Crippen LogP) is 2.23. The monoisotopic (exact) mass is 493 g/mol. The van der Waals surface area contributed by atoms with E-state index in [1.165, 1.54) is 12.1 Å². The van der Waals surface area contributed by atoms with Gasteiger partial charge in [-0.2, -0.15) is 17.9 Å². The fraction of sp³-hybridized carbons (Fsp3) is 0.353. The molecular weight excluding hydrogens is 479 g/mol. The number of aliphatic carboxylic acids is 1. The number of thiophene rings is 1. The number of hydrogen-bond acceptors (Lipinski definition) is 9. The van der Waals surface area contributed by atoms with Gasteiger partial charge in [-0.05, 0) is 18.6 Å². The minimum absolute atomic E-state index is 0.0802. The lowest BCUT2D eigenvalue weighted by molar-refractivity contribution is -0.155. The van der Waals surface area contributed by atoms with E-state index in [0.717, 1.165) is 6.07 Å². The third-order valence-corrected chi connectivity index (χ3v) is 7.95. The molecule has 0 amide bonds. The smallest absolute Gasteiger partial charge is 0.452 e. The fourth-order valence-corrected chi connectivity index (χ4v) is 5.81. The van der Waals surface area contributed by atoms with Gasteiger partial charge in [-0.3, -0.25) is 4.79 Å². The van der Waals surface area contributed by atoms with E-state index in [0.29, 0.717) is 23.2 Å². The lowest BCUT2D eigenvalue weighted by atomic mass is 10.1. The Morgan fingerprint density at radius 1 is 1.28 bits per heavy atom. The molecule has 3 heterocycles. The average Bonchev–Trinajstić information content (AvgIpc) is 3.18. The van der Waals surface area contributed by atoms with Crippen LogP contribution in [0.4, 0.5) is 13.2 Å². The van der Waals surface area contributed by atoms with Crippen molar-refractivity contribution in [3.05, 3.63) is 41.5 Å². The summed E-state index contributed by atoms with van der Waals surface area (Å²) in [6.45, 7) is -0.202. The second kappa shape index (κ2) is 7.68. The zero-order chi connectivity index (χ0) is 23.3. The van der Waals surface area contributed by atoms with Gasteiger partial charge in [0.25, 0.3) is 10.0 Å². The van der Waals surface area contributed by atoms with E-state index in [-0.39, 0.29) is 39.9 Å². The number of nitrogens with one attached hydrogen (secondary N) is 1. The van der Waals surface area contributed by atoms with Crippen LogP contribution in [0.25, 0.3) is 10.6 Å². The van der Waals surface area contributed by atoms with Gasteiger partial charge < -0.3 is 19.3 Å². The van der Waals surface area contributed by atoms with Gasteiger partial charge in [-0.15, -0.1) is 11.3 Å². The Morgan fingerprint density at radius 2 is 2.03 bits per heavy atom. The number of carboxylic acids is 1. The Balaban J connectivity index is 1.56. The first-order valence-corrected chi connectivity index (χ1v) is 11.2. The van der Waals surface area contributed by atoms with Crippen LogP contribution in [0.1, 0.15) is 29.6 Å². The van der Waals surface area contributed by atoms with Crippen molar-refractivity contribution in [3.63, 3.8) is 0 Å². The number of nitrogens with zero attached hydrogens (tertiary/aromatic N) is 2. The van der Waals surface area contributed by atoms with Gasteiger partial charge in [0.15, 0.2) is 0 Å². The number of carbonyl (C=O) groups is 1. The maximum Gasteiger partial charge on any atom is 0.452 e. The van der Waals surface area contributed by atoms with Gasteiger partial charge >= 0.3 is 12.1 Å². The molecule has 0 radical (unpaired) electrons. The highest BCUT2D eigenvalue weighted by molar-refractivity contribution is 7.91. The molecule has 3 aromatic rings. The van der Waals surface area contributed by atoms with Gasteiger partial charge in [-0.1, -0.05) is 10.3 Å². The molecule has 172 valence electrons. The van der Waals surface area contributed by atoms with Gasteiger partial charge in [0.2, 0.25) is 5.76 Å². The molecule has 1 saturated carbocycles. The molecule has 15 heteroatoms. The summed E-state index contributed by atoms with van der Waals surface area (Å²) in [5.74, 6) is -3.22. The molecule has 3 aromatic heterocycles. The van der Waals surface area contributed by atoms with E-state index in [1.54, 1.807) is 0 Å². The zero-order valence-corrected chi connectivity index (χ0v) is 17.4. The number of aromatic nitrogens is 2. The Kier molecular flexibility index (Phi) is 5.39. The standard InChI is InChI=1S/C17H14F3N3O7S2/c18-17(19,20)13-6-11(22-30-13)12-1-2-14(31-12)32(27,28)23-16(15(25)26)7-9(16)10-5-8(3-4-24)29-21-10/h1-2,5-6,9,23-24H,3-4,7H2,(H,25,26)/t9-,16-/m1/s1. The van der Waals surface area contributed by atoms with E-state index in [9.17, 15) is 31.5 Å². The molecule has 0 unspecified atom stereocenters. The highest BCUT2D eigenvalue weighted by atomic mass is 32.2. The molecule has 32 heavy (non-hydrogen) atoms. The van der Waals surface area contributed by atoms with Crippen molar-refractivity contribution in [2.24, 2.45) is 0 Å². The number of aliphatic hydroxyl groups is 1. The van der Waals surface area contributed by atoms with Crippen LogP contribution in [0, 0.1) is 0 Å². The van der Waals surface area contributed by atoms with Crippen LogP contribution >= 0.6 is 11.3 Å². The van der Waals surface area contributed by atoms with Crippen molar-refractivity contribution in [1.82, 2.24) is 15.0 Å². The van der Waals surface area contributed by atoms with Crippen LogP contribution in [0.3, 0.4) is 0 Å². The van der Waals surface area contributed by atoms with E-state index in [2.05, 4.69) is 19.6 Å². The fourth-order valence-electron chi connectivity index (χ4n) is 3.15. The third kappa shape index (κ3) is 4.03. The summed E-state index contributed by atoms with van der Waals surface area (Å²) in [7, 11) is -4.34. The van der Waals surface area contributed by atoms with Crippen LogP contribution in [0.5, 0.6) is 0 Å². The summed E-state index contributed by atoms with van der Waals surface area (Å²) >= 11 is 0.610. The second-order valence-corrected chi connectivity index (χ2v) is 10.0. The van der Waals surface area contributed by atoms with Crippen LogP contribution in [-0.2, 0) is 27.4 Å². The maximum absolute atomic E-state index is 12.8. The first-order chi connectivity index (χ1) is 15.0. The molecule has 1 aliphatic rings. The highest BCUT2D eigenvalue weighted by Gasteiger charge is 2.64. The summed E-state index contributed by atoms with van der Waals surface area (Å²) in [6.07, 6.45) is -4.66. The van der Waals surface area contributed by atoms with Crippen molar-refractivity contribution in [1.29, 1.82) is 0 Å². The summed E-state index contributed by atoms with van der Waals surface area (Å²) in [4.78, 5) is 12.0. The summed E-state index contributed by atoms with van der Waals surface area (Å²) in [5.41, 5.74) is -1.83. The van der Waals surface area contributed by atoms with Crippen LogP contribution in [0.2, 0.25) is 0 Å². The van der Waals surface area contributed by atoms with Gasteiger partial charge in [-0.25, -0.2) is 8.42 Å². The average molecular weight is 493 g/mol. The van der Waals surface area contributed by atoms with E-state index >= 15 is 0 Å². The number of rotatable bonds is 8. The van der Waals surface area contributed by atoms with Gasteiger partial charge in [0, 0.05) is 24.5 Å². The van der Waals surface area contributed by atoms with E-state index < -0.39 is 39.4 Å². The quantitative estimate of drug-likeness (QED) is 0.428. The Hall–Kier alpha value is -2.75. The summed E-state index contributed by atoms with van der Waals surface area (Å²) < 4.78 is 74.8. The minimum Gasteiger partial charge on any atom is -0.480 e. The van der Waals surface area contributed by atoms with Gasteiger partial charge in [0.1, 0.15) is 21.2 Å². The van der Waals surface area contributed by atoms with Crippen molar-refractivity contribution in [2.75, 3.05) is 6.61 Å². The molecule has 1 fully saturated rings. The Morgan fingerprint density at radius 3 is 2.66 bits per heavy atom. The second-order valence-electron chi connectivity index (χ2n) is 7.02. The minimum atomic E-state index is -4.74. The number of alkyl halides is 3. The molecule has 2 atom stereocenters. The lowest BCUT2D eigenvalue weighted by Crippen LogP contribution is -2.44. The van der Waals surface area contributed by atoms with E-state index in [1.807, 2.05) is 0 Å². The summed E-state index contributed by atoms with van der Waals surface area (Å²) in [5, 5.41) is 25.7. The van der Waals surface area contributed by atoms with E-state index in [4.69, 9.17) is 9.63 Å². The van der Waals surface area contributed by atoms with Crippen LogP contribution < -0.4 is 4.72 Å². The molecule has 4 rings (SSSR count). The lowest BCUT2D eigenvalue weighted by Gasteiger charge is -2.13. The summed E-state index contributed by atoms with van der Waals surface area (Å²) in [6, 6.07) is 4.46. The molecule has 10 nitrogen and oxygen atoms in total. The number of hydrogen-bond donors (Lipinski definition) is 3. The van der Waals surface area contributed by atoms with Gasteiger partial charge in [0.05, 0.1) is 17.2 Å². The first-order valence-electron chi connectivity index (χ1n) is 8.94. The molecular formula is C17H14F3N3O7S2. The highest BCUT2D eigenvalue weighted by Crippen LogP contribution is 2.52. The molecule has 0 bridgehead atoms. The van der Waals surface area contributed by atoms with Crippen LogP contribution in [0.15, 0.2) is 37.5 Å². The van der Waals surface area contributed by atoms with Crippen molar-refractivity contribution >= 4 is 27.3 Å². The molecule has 0 spiro atoms. The maximum atomic E-state index is 12.8. The zero-order valence-electron chi connectivity index (χ0n) is 15.8. The third-order valence-electron chi connectivity index (χ3n) is 4.84. The van der Waals surface area contributed by atoms with Crippen molar-refractivity contribution in [2.45, 2.75) is 34.7 Å². The van der Waals surface area contributed by atoms with Crippen molar-refractivity contribution in [3.8, 4) is 10.6 Å². The number of carboxylic acid groups (broad SMARTS) is 1.